The highest BCUT2D eigenvalue weighted by Gasteiger charge is 2.50. The van der Waals surface area contributed by atoms with Crippen molar-refractivity contribution in [1.29, 1.82) is 0 Å². The number of aliphatic hydroxyl groups excluding tert-OH is 4. The maximum atomic E-state index is 11.8. The average molecular weight is 561 g/mol. The lowest BCUT2D eigenvalue weighted by molar-refractivity contribution is -0.352. The minimum atomic E-state index is -1.60. The number of methoxy groups -OCH3 is 1. The van der Waals surface area contributed by atoms with Crippen molar-refractivity contribution < 1.29 is 58.4 Å². The number of rotatable bonds is 11. The van der Waals surface area contributed by atoms with Crippen LogP contribution in [0.5, 0.6) is 0 Å². The molecule has 16 heteroatoms. The maximum absolute atomic E-state index is 11.8. The number of carbonyl (C=O) groups excluding carboxylic acids is 2. The summed E-state index contributed by atoms with van der Waals surface area (Å²) in [7, 11) is 1.25. The summed E-state index contributed by atoms with van der Waals surface area (Å²) in [4.78, 5) is 23.6. The van der Waals surface area contributed by atoms with Gasteiger partial charge in [-0.3, -0.25) is 0 Å². The third-order valence-corrected chi connectivity index (χ3v) is 6.19. The van der Waals surface area contributed by atoms with Gasteiger partial charge in [0.1, 0.15) is 49.8 Å². The van der Waals surface area contributed by atoms with Crippen LogP contribution in [0.2, 0.25) is 0 Å². The number of carbonyl (C=O) groups is 2. The summed E-state index contributed by atoms with van der Waals surface area (Å²) >= 11 is 7.97. The Kier molecular flexibility index (Phi) is 13.3. The molecule has 2 aliphatic heterocycles. The van der Waals surface area contributed by atoms with E-state index < -0.39 is 80.0 Å². The minimum Gasteiger partial charge on any atom is -0.447 e. The molecule has 0 spiro atoms. The highest BCUT2D eigenvalue weighted by Crippen LogP contribution is 2.31. The van der Waals surface area contributed by atoms with E-state index in [1.807, 2.05) is 0 Å². The topological polar surface area (TPSA) is 194 Å². The first kappa shape index (κ1) is 31.1. The van der Waals surface area contributed by atoms with E-state index in [1.165, 1.54) is 7.11 Å². The molecule has 0 saturated carbocycles. The molecular weight excluding hydrogens is 524 g/mol. The standard InChI is InChI=1S/C20H36N2O12S2/c1-9-10(7-30-19(27)21-3-5-35)32-18(14(25)12(9)23)34-16-11(8-31-20(28)22-4-6-36)33-17(29-2)15(26)13(16)24/h9-18,23-26,35-36H,3-8H2,1-2H3,(H,21,27)(H,22,28). The van der Waals surface area contributed by atoms with Gasteiger partial charge in [0.2, 0.25) is 0 Å². The molecule has 0 aliphatic carbocycles. The summed E-state index contributed by atoms with van der Waals surface area (Å²) < 4.78 is 32.3. The summed E-state index contributed by atoms with van der Waals surface area (Å²) in [6, 6.07) is 0. The fourth-order valence-corrected chi connectivity index (χ4v) is 3.89. The number of alkyl carbamates (subject to hydrolysis) is 2. The number of hydrogen-bond donors (Lipinski definition) is 8. The molecule has 2 heterocycles. The first-order valence-corrected chi connectivity index (χ1v) is 12.6. The number of thiol groups is 2. The van der Waals surface area contributed by atoms with Crippen LogP contribution in [0.4, 0.5) is 9.59 Å². The Hall–Kier alpha value is -1.08. The average Bonchev–Trinajstić information content (AvgIpc) is 2.87. The van der Waals surface area contributed by atoms with E-state index in [0.29, 0.717) is 11.5 Å². The van der Waals surface area contributed by atoms with Gasteiger partial charge in [0.05, 0.1) is 6.10 Å². The van der Waals surface area contributed by atoms with Gasteiger partial charge in [-0.15, -0.1) is 0 Å². The second kappa shape index (κ2) is 15.4. The van der Waals surface area contributed by atoms with Crippen LogP contribution in [0.3, 0.4) is 0 Å². The number of amides is 2. The third-order valence-electron chi connectivity index (χ3n) is 5.75. The van der Waals surface area contributed by atoms with E-state index in [9.17, 15) is 30.0 Å². The molecule has 0 aromatic heterocycles. The minimum absolute atomic E-state index is 0.254. The quantitative estimate of drug-likeness (QED) is 0.128. The van der Waals surface area contributed by atoms with E-state index in [0.717, 1.165) is 0 Å². The fourth-order valence-electron chi connectivity index (χ4n) is 3.66. The summed E-state index contributed by atoms with van der Waals surface area (Å²) in [6.07, 6.45) is -13.7. The number of aliphatic hydroxyl groups is 4. The van der Waals surface area contributed by atoms with Crippen LogP contribution < -0.4 is 10.6 Å². The predicted octanol–water partition coefficient (Wildman–Crippen LogP) is -2.14. The summed E-state index contributed by atoms with van der Waals surface area (Å²) in [5.74, 6) is 0.148. The Balaban J connectivity index is 2.10. The molecule has 0 bridgehead atoms. The van der Waals surface area contributed by atoms with Gasteiger partial charge in [0.15, 0.2) is 12.6 Å². The van der Waals surface area contributed by atoms with Crippen molar-refractivity contribution in [3.8, 4) is 0 Å². The van der Waals surface area contributed by atoms with E-state index >= 15 is 0 Å². The van der Waals surface area contributed by atoms with Gasteiger partial charge in [-0.25, -0.2) is 9.59 Å². The zero-order chi connectivity index (χ0) is 26.8. The summed E-state index contributed by atoms with van der Waals surface area (Å²) in [5, 5.41) is 47.0. The van der Waals surface area contributed by atoms with Crippen LogP contribution >= 0.6 is 25.3 Å². The van der Waals surface area contributed by atoms with Gasteiger partial charge in [-0.05, 0) is 0 Å². The van der Waals surface area contributed by atoms with Gasteiger partial charge >= 0.3 is 12.2 Å². The van der Waals surface area contributed by atoms with Crippen molar-refractivity contribution in [1.82, 2.24) is 10.6 Å². The Bertz CT molecular complexity index is 695. The van der Waals surface area contributed by atoms with Gasteiger partial charge in [-0.1, -0.05) is 6.92 Å². The molecule has 2 fully saturated rings. The first-order chi connectivity index (χ1) is 17.1. The van der Waals surface area contributed by atoms with Crippen LogP contribution in [-0.4, -0.2) is 133 Å². The predicted molar refractivity (Wildman–Crippen MR) is 129 cm³/mol. The normalized spacial score (nSPS) is 36.7. The molecular formula is C20H36N2O12S2. The Labute approximate surface area is 219 Å². The molecule has 0 aromatic carbocycles. The lowest BCUT2D eigenvalue weighted by Crippen LogP contribution is -2.63. The highest BCUT2D eigenvalue weighted by molar-refractivity contribution is 7.80. The summed E-state index contributed by atoms with van der Waals surface area (Å²) in [6.45, 7) is 1.46. The van der Waals surface area contributed by atoms with E-state index in [-0.39, 0.29) is 19.7 Å². The second-order valence-electron chi connectivity index (χ2n) is 8.24. The van der Waals surface area contributed by atoms with Gasteiger partial charge in [0, 0.05) is 37.6 Å². The smallest absolute Gasteiger partial charge is 0.407 e. The van der Waals surface area contributed by atoms with Crippen LogP contribution in [0.15, 0.2) is 0 Å². The van der Waals surface area contributed by atoms with Gasteiger partial charge < -0.3 is 59.5 Å². The van der Waals surface area contributed by atoms with Crippen LogP contribution in [0.25, 0.3) is 0 Å². The zero-order valence-corrected chi connectivity index (χ0v) is 21.8. The number of ether oxygens (including phenoxy) is 6. The molecule has 36 heavy (non-hydrogen) atoms. The molecule has 10 unspecified atom stereocenters. The first-order valence-electron chi connectivity index (χ1n) is 11.4. The van der Waals surface area contributed by atoms with Crippen LogP contribution in [0, 0.1) is 5.92 Å². The van der Waals surface area contributed by atoms with Crippen molar-refractivity contribution in [3.63, 3.8) is 0 Å². The highest BCUT2D eigenvalue weighted by atomic mass is 32.1. The Morgan fingerprint density at radius 3 is 1.83 bits per heavy atom. The molecule has 0 aromatic rings. The van der Waals surface area contributed by atoms with E-state index in [2.05, 4.69) is 35.9 Å². The molecule has 2 aliphatic rings. The molecule has 2 amide bonds. The van der Waals surface area contributed by atoms with Crippen molar-refractivity contribution >= 4 is 37.4 Å². The Morgan fingerprint density at radius 2 is 1.31 bits per heavy atom. The van der Waals surface area contributed by atoms with Gasteiger partial charge in [0.25, 0.3) is 0 Å². The molecule has 10 atom stereocenters. The van der Waals surface area contributed by atoms with Gasteiger partial charge in [-0.2, -0.15) is 25.3 Å². The lowest BCUT2D eigenvalue weighted by atomic mass is 9.90. The molecule has 0 radical (unpaired) electrons. The lowest BCUT2D eigenvalue weighted by Gasteiger charge is -2.46. The zero-order valence-electron chi connectivity index (χ0n) is 20.0. The molecule has 2 rings (SSSR count). The number of nitrogens with one attached hydrogen (secondary N) is 2. The molecule has 2 saturated heterocycles. The molecule has 6 N–H and O–H groups in total. The molecule has 14 nitrogen and oxygen atoms in total. The van der Waals surface area contributed by atoms with Crippen molar-refractivity contribution in [3.05, 3.63) is 0 Å². The van der Waals surface area contributed by atoms with Crippen LogP contribution in [-0.2, 0) is 28.4 Å². The molecule has 210 valence electrons. The van der Waals surface area contributed by atoms with Crippen molar-refractivity contribution in [2.75, 3.05) is 44.9 Å². The van der Waals surface area contributed by atoms with E-state index in [4.69, 9.17) is 28.4 Å². The fraction of sp³-hybridized carbons (Fsp3) is 0.900. The Morgan fingerprint density at radius 1 is 0.806 bits per heavy atom. The van der Waals surface area contributed by atoms with Crippen molar-refractivity contribution in [2.45, 2.75) is 62.2 Å². The second-order valence-corrected chi connectivity index (χ2v) is 9.14. The largest absolute Gasteiger partial charge is 0.447 e. The van der Waals surface area contributed by atoms with E-state index in [1.54, 1.807) is 6.92 Å². The SMILES string of the molecule is COC1OC(COC(=O)NCCS)C(OC2OC(COC(=O)NCCS)C(C)C(O)C2O)C(O)C1O. The third kappa shape index (κ3) is 8.47. The summed E-state index contributed by atoms with van der Waals surface area (Å²) in [5.41, 5.74) is 0. The maximum Gasteiger partial charge on any atom is 0.407 e. The number of hydrogen-bond acceptors (Lipinski definition) is 14. The van der Waals surface area contributed by atoms with Crippen LogP contribution in [0.1, 0.15) is 6.92 Å². The van der Waals surface area contributed by atoms with Crippen molar-refractivity contribution in [2.24, 2.45) is 5.92 Å². The monoisotopic (exact) mass is 560 g/mol.